The minimum atomic E-state index is -0.509. The van der Waals surface area contributed by atoms with E-state index in [9.17, 15) is 14.7 Å². The molecule has 1 N–H and O–H groups in total. The first kappa shape index (κ1) is 28.9. The molecule has 5 fully saturated rings. The van der Waals surface area contributed by atoms with Gasteiger partial charge < -0.3 is 9.84 Å². The molecular weight excluding hydrogens is 460 g/mol. The zero-order valence-electron chi connectivity index (χ0n) is 25.0. The van der Waals surface area contributed by atoms with E-state index in [4.69, 9.17) is 4.74 Å². The quantitative estimate of drug-likeness (QED) is 0.380. The molecule has 5 saturated carbocycles. The van der Waals surface area contributed by atoms with Gasteiger partial charge in [-0.1, -0.05) is 61.3 Å². The van der Waals surface area contributed by atoms with Gasteiger partial charge in [0.15, 0.2) is 0 Å². The maximum Gasteiger partial charge on any atom is 0.309 e. The van der Waals surface area contributed by atoms with E-state index in [1.54, 1.807) is 0 Å². The van der Waals surface area contributed by atoms with Crippen molar-refractivity contribution in [1.82, 2.24) is 0 Å². The van der Waals surface area contributed by atoms with Gasteiger partial charge in [0.25, 0.3) is 0 Å². The van der Waals surface area contributed by atoms with Gasteiger partial charge in [0.05, 0.1) is 5.41 Å². The van der Waals surface area contributed by atoms with Crippen LogP contribution < -0.4 is 0 Å². The lowest BCUT2D eigenvalue weighted by molar-refractivity contribution is -0.236. The van der Waals surface area contributed by atoms with Crippen LogP contribution in [-0.4, -0.2) is 23.1 Å². The third kappa shape index (κ3) is 4.30. The molecule has 0 saturated heterocycles. The fourth-order valence-electron chi connectivity index (χ4n) is 11.1. The predicted molar refractivity (Wildman–Crippen MR) is 149 cm³/mol. The minimum Gasteiger partial charge on any atom is -0.481 e. The summed E-state index contributed by atoms with van der Waals surface area (Å²) in [5, 5.41) is 10.3. The predicted octanol–water partition coefficient (Wildman–Crippen LogP) is 8.66. The van der Waals surface area contributed by atoms with Crippen LogP contribution in [0.15, 0.2) is 0 Å². The summed E-state index contributed by atoms with van der Waals surface area (Å²) in [4.78, 5) is 24.8. The molecule has 0 heterocycles. The van der Waals surface area contributed by atoms with Crippen LogP contribution in [0.5, 0.6) is 0 Å². The highest BCUT2D eigenvalue weighted by Crippen LogP contribution is 2.76. The molecule has 212 valence electrons. The molecule has 0 aromatic heterocycles. The van der Waals surface area contributed by atoms with E-state index < -0.39 is 11.4 Å². The first-order valence-corrected chi connectivity index (χ1v) is 15.9. The summed E-state index contributed by atoms with van der Waals surface area (Å²) >= 11 is 0. The number of fused-ring (bicyclic) bond motifs is 7. The summed E-state index contributed by atoms with van der Waals surface area (Å²) in [7, 11) is 0. The number of esters is 1. The molecule has 0 aliphatic heterocycles. The van der Waals surface area contributed by atoms with Crippen LogP contribution in [0.2, 0.25) is 0 Å². The summed E-state index contributed by atoms with van der Waals surface area (Å²) in [6.45, 7) is 16.4. The number of hydrogen-bond acceptors (Lipinski definition) is 3. The van der Waals surface area contributed by atoms with Crippen molar-refractivity contribution in [3.63, 3.8) is 0 Å². The summed E-state index contributed by atoms with van der Waals surface area (Å²) in [5.41, 5.74) is 0.375. The molecule has 9 unspecified atom stereocenters. The molecule has 0 radical (unpaired) electrons. The Morgan fingerprint density at radius 2 is 1.51 bits per heavy atom. The van der Waals surface area contributed by atoms with Crippen LogP contribution >= 0.6 is 0 Å². The Morgan fingerprint density at radius 1 is 0.811 bits per heavy atom. The maximum absolute atomic E-state index is 12.5. The number of carboxylic acid groups (broad SMARTS) is 1. The van der Waals surface area contributed by atoms with Crippen LogP contribution in [0.3, 0.4) is 0 Å². The number of carbonyl (C=O) groups excluding carboxylic acids is 1. The molecule has 0 aromatic rings. The average Bonchev–Trinajstić information content (AvgIpc) is 3.28. The number of ether oxygens (including phenoxy) is 1. The monoisotopic (exact) mass is 516 g/mol. The second-order valence-corrected chi connectivity index (χ2v) is 14.6. The van der Waals surface area contributed by atoms with Gasteiger partial charge in [0, 0.05) is 6.42 Å². The van der Waals surface area contributed by atoms with Crippen molar-refractivity contribution in [3.05, 3.63) is 0 Å². The third-order valence-corrected chi connectivity index (χ3v) is 13.1. The van der Waals surface area contributed by atoms with E-state index in [0.717, 1.165) is 51.4 Å². The Morgan fingerprint density at radius 3 is 2.16 bits per heavy atom. The molecule has 0 aromatic carbocycles. The number of carboxylic acids is 1. The molecule has 0 bridgehead atoms. The van der Waals surface area contributed by atoms with E-state index in [2.05, 4.69) is 41.5 Å². The second kappa shape index (κ2) is 10.5. The molecule has 5 aliphatic carbocycles. The summed E-state index contributed by atoms with van der Waals surface area (Å²) < 4.78 is 5.99. The highest BCUT2D eigenvalue weighted by molar-refractivity contribution is 5.76. The van der Waals surface area contributed by atoms with Gasteiger partial charge >= 0.3 is 11.9 Å². The standard InChI is InChI=1S/C30H48O4.C3H8/c1-6-8-25(31)34-23-13-15-27(3)20(19(23)2)12-16-29(5)24(27)11-10-21-22-9-7-14-30(22,26(32)33)18-17-28(21,29)4;1-3-2/h19-24H,6-18H2,1-5H3,(H,32,33);3H2,1-2H3/t19?,20?,21?,22?,23?,24?,27?,28-,29?,30?;/m1./s1. The van der Waals surface area contributed by atoms with E-state index in [1.165, 1.54) is 32.1 Å². The molecule has 5 rings (SSSR count). The van der Waals surface area contributed by atoms with Gasteiger partial charge in [-0.15, -0.1) is 0 Å². The average molecular weight is 517 g/mol. The van der Waals surface area contributed by atoms with E-state index >= 15 is 0 Å². The molecular formula is C33H56O4. The van der Waals surface area contributed by atoms with Gasteiger partial charge in [-0.2, -0.15) is 0 Å². The van der Waals surface area contributed by atoms with Gasteiger partial charge in [-0.25, -0.2) is 0 Å². The lowest BCUT2D eigenvalue weighted by atomic mass is 9.33. The minimum absolute atomic E-state index is 0.0164. The Hall–Kier alpha value is -1.06. The van der Waals surface area contributed by atoms with Crippen molar-refractivity contribution < 1.29 is 19.4 Å². The van der Waals surface area contributed by atoms with Crippen LogP contribution in [-0.2, 0) is 14.3 Å². The van der Waals surface area contributed by atoms with Crippen LogP contribution in [0.25, 0.3) is 0 Å². The fourth-order valence-corrected chi connectivity index (χ4v) is 11.1. The Bertz CT molecular complexity index is 853. The molecule has 10 atom stereocenters. The summed E-state index contributed by atoms with van der Waals surface area (Å²) in [6, 6.07) is 0. The largest absolute Gasteiger partial charge is 0.481 e. The van der Waals surface area contributed by atoms with Crippen molar-refractivity contribution in [2.24, 2.45) is 51.2 Å². The topological polar surface area (TPSA) is 63.6 Å². The van der Waals surface area contributed by atoms with E-state index in [1.807, 2.05) is 6.92 Å². The maximum atomic E-state index is 12.5. The second-order valence-electron chi connectivity index (χ2n) is 14.6. The molecule has 4 heteroatoms. The number of rotatable bonds is 4. The SMILES string of the molecule is CCC.CCCC(=O)OC1CCC2(C)C(CCC3(C)C2CCC2C4CCCC4(C(=O)O)CC[C@]23C)C1C. The number of carbonyl (C=O) groups is 2. The normalized spacial score (nSPS) is 48.3. The van der Waals surface area contributed by atoms with Crippen LogP contribution in [0, 0.1) is 51.2 Å². The Balaban J connectivity index is 0.00000102. The van der Waals surface area contributed by atoms with Crippen molar-refractivity contribution in [1.29, 1.82) is 0 Å². The fraction of sp³-hybridized carbons (Fsp3) is 0.939. The van der Waals surface area contributed by atoms with Crippen LogP contribution in [0.4, 0.5) is 0 Å². The molecule has 0 spiro atoms. The first-order chi connectivity index (χ1) is 17.4. The highest BCUT2D eigenvalue weighted by Gasteiger charge is 2.70. The summed E-state index contributed by atoms with van der Waals surface area (Å²) in [5.74, 6) is 2.14. The first-order valence-electron chi connectivity index (χ1n) is 15.9. The third-order valence-electron chi connectivity index (χ3n) is 13.1. The van der Waals surface area contributed by atoms with Gasteiger partial charge in [-0.3, -0.25) is 9.59 Å². The molecule has 37 heavy (non-hydrogen) atoms. The highest BCUT2D eigenvalue weighted by atomic mass is 16.5. The van der Waals surface area contributed by atoms with Crippen molar-refractivity contribution in [2.75, 3.05) is 0 Å². The zero-order chi connectivity index (χ0) is 27.2. The lowest BCUT2D eigenvalue weighted by Gasteiger charge is -2.71. The van der Waals surface area contributed by atoms with Crippen LogP contribution in [0.1, 0.15) is 138 Å². The number of hydrogen-bond donors (Lipinski definition) is 1. The smallest absolute Gasteiger partial charge is 0.309 e. The Kier molecular flexibility index (Phi) is 8.20. The molecule has 5 aliphatic rings. The van der Waals surface area contributed by atoms with Gasteiger partial charge in [0.2, 0.25) is 0 Å². The summed E-state index contributed by atoms with van der Waals surface area (Å²) in [6.07, 6.45) is 14.9. The van der Waals surface area contributed by atoms with Crippen molar-refractivity contribution in [2.45, 2.75) is 144 Å². The molecule has 0 amide bonds. The van der Waals surface area contributed by atoms with Gasteiger partial charge in [0.1, 0.15) is 6.10 Å². The van der Waals surface area contributed by atoms with E-state index in [-0.39, 0.29) is 22.9 Å². The van der Waals surface area contributed by atoms with Crippen molar-refractivity contribution in [3.8, 4) is 0 Å². The number of aliphatic carboxylic acids is 1. The van der Waals surface area contributed by atoms with E-state index in [0.29, 0.717) is 41.4 Å². The van der Waals surface area contributed by atoms with Gasteiger partial charge in [-0.05, 0) is 116 Å². The van der Waals surface area contributed by atoms with Crippen molar-refractivity contribution >= 4 is 11.9 Å². The lowest BCUT2D eigenvalue weighted by Crippen LogP contribution is -2.65. The zero-order valence-corrected chi connectivity index (χ0v) is 25.0. The Labute approximate surface area is 227 Å². The molecule has 4 nitrogen and oxygen atoms in total.